The fourth-order valence-electron chi connectivity index (χ4n) is 2.19. The first-order valence-corrected chi connectivity index (χ1v) is 6.02. The van der Waals surface area contributed by atoms with Crippen molar-refractivity contribution in [2.45, 2.75) is 18.6 Å². The number of carbonyl (C=O) groups is 1. The second kappa shape index (κ2) is 5.18. The average molecular weight is 288 g/mol. The van der Waals surface area contributed by atoms with Gasteiger partial charge in [0.15, 0.2) is 0 Å². The van der Waals surface area contributed by atoms with Crippen LogP contribution in [0.4, 0.5) is 23.8 Å². The highest BCUT2D eigenvalue weighted by Crippen LogP contribution is 2.29. The van der Waals surface area contributed by atoms with Crippen LogP contribution in [0.5, 0.6) is 0 Å². The molecule has 0 N–H and O–H groups in total. The summed E-state index contributed by atoms with van der Waals surface area (Å²) in [6.45, 7) is 0.521. The Bertz CT molecular complexity index is 507. The molecule has 0 aliphatic carbocycles. The lowest BCUT2D eigenvalue weighted by atomic mass is 10.2. The Kier molecular flexibility index (Phi) is 3.74. The van der Waals surface area contributed by atoms with Crippen molar-refractivity contribution in [2.24, 2.45) is 0 Å². The number of rotatable bonds is 2. The van der Waals surface area contributed by atoms with Gasteiger partial charge in [-0.1, -0.05) is 6.07 Å². The summed E-state index contributed by atoms with van der Waals surface area (Å²) in [5.41, 5.74) is -0.961. The summed E-state index contributed by atoms with van der Waals surface area (Å²) in [7, 11) is 1.60. The van der Waals surface area contributed by atoms with Gasteiger partial charge in [0.25, 0.3) is 0 Å². The predicted molar refractivity (Wildman–Crippen MR) is 63.0 cm³/mol. The Morgan fingerprint density at radius 1 is 1.50 bits per heavy atom. The van der Waals surface area contributed by atoms with Crippen LogP contribution in [0.3, 0.4) is 0 Å². The summed E-state index contributed by atoms with van der Waals surface area (Å²) in [5, 5.41) is 10.7. The number of carbonyl (C=O) groups excluding carboxylic acids is 1. The summed E-state index contributed by atoms with van der Waals surface area (Å²) in [5.74, 6) is 0.171. The average Bonchev–Trinajstić information content (AvgIpc) is 2.87. The molecule has 2 rings (SSSR count). The molecule has 1 saturated heterocycles. The van der Waals surface area contributed by atoms with Crippen LogP contribution in [0, 0.1) is 0 Å². The van der Waals surface area contributed by atoms with E-state index in [4.69, 9.17) is 0 Å². The van der Waals surface area contributed by atoms with E-state index in [0.717, 1.165) is 11.0 Å². The van der Waals surface area contributed by atoms with Gasteiger partial charge in [-0.25, -0.2) is 4.98 Å². The zero-order chi connectivity index (χ0) is 14.9. The molecule has 1 aromatic heterocycles. The smallest absolute Gasteiger partial charge is 0.433 e. The number of hydrogen-bond acceptors (Lipinski definition) is 4. The zero-order valence-corrected chi connectivity index (χ0v) is 10.7. The first-order valence-electron chi connectivity index (χ1n) is 6.02. The normalized spacial score (nSPS) is 19.2. The Hall–Kier alpha value is -1.99. The van der Waals surface area contributed by atoms with E-state index in [1.165, 1.54) is 12.1 Å². The lowest BCUT2D eigenvalue weighted by Gasteiger charge is -2.27. The molecule has 0 bridgehead atoms. The Morgan fingerprint density at radius 3 is 2.75 bits per heavy atom. The molecular weight excluding hydrogens is 275 g/mol. The maximum absolute atomic E-state index is 12.6. The standard InChI is InChI=1S/C12H14F3N3O2/c1-17(8-5-6-18(7-8)11(19)20)10-4-2-3-9(16-10)12(13,14)15/h2-4,8H,5-7H2,1H3,(H,19,20)/p-1. The third kappa shape index (κ3) is 2.94. The van der Waals surface area contributed by atoms with Crippen LogP contribution in [-0.2, 0) is 6.18 Å². The van der Waals surface area contributed by atoms with Crippen molar-refractivity contribution < 1.29 is 23.1 Å². The van der Waals surface area contributed by atoms with Crippen LogP contribution in [0.15, 0.2) is 18.2 Å². The van der Waals surface area contributed by atoms with Crippen molar-refractivity contribution in [3.8, 4) is 0 Å². The topological polar surface area (TPSA) is 59.5 Å². The molecule has 1 aliphatic heterocycles. The molecule has 110 valence electrons. The van der Waals surface area contributed by atoms with Gasteiger partial charge in [0, 0.05) is 26.2 Å². The molecule has 20 heavy (non-hydrogen) atoms. The third-order valence-electron chi connectivity index (χ3n) is 3.36. The number of halogens is 3. The molecule has 1 aromatic rings. The van der Waals surface area contributed by atoms with Crippen LogP contribution >= 0.6 is 0 Å². The van der Waals surface area contributed by atoms with E-state index in [0.29, 0.717) is 13.0 Å². The van der Waals surface area contributed by atoms with E-state index >= 15 is 0 Å². The van der Waals surface area contributed by atoms with E-state index < -0.39 is 18.0 Å². The van der Waals surface area contributed by atoms with Gasteiger partial charge in [0.1, 0.15) is 17.6 Å². The molecule has 0 radical (unpaired) electrons. The van der Waals surface area contributed by atoms with Crippen molar-refractivity contribution in [1.29, 1.82) is 0 Å². The van der Waals surface area contributed by atoms with E-state index in [9.17, 15) is 23.1 Å². The maximum atomic E-state index is 12.6. The third-order valence-corrected chi connectivity index (χ3v) is 3.36. The van der Waals surface area contributed by atoms with Gasteiger partial charge < -0.3 is 19.7 Å². The molecule has 1 amide bonds. The van der Waals surface area contributed by atoms with Gasteiger partial charge in [-0.15, -0.1) is 0 Å². The molecule has 1 fully saturated rings. The summed E-state index contributed by atoms with van der Waals surface area (Å²) in [6.07, 6.45) is -5.23. The SMILES string of the molecule is CN(c1cccc(C(F)(F)F)n1)C1CCN(C(=O)[O-])C1. The number of carboxylic acid groups (broad SMARTS) is 1. The molecule has 2 heterocycles. The molecule has 0 spiro atoms. The molecule has 1 atom stereocenters. The summed E-state index contributed by atoms with van der Waals surface area (Å²) < 4.78 is 37.8. The summed E-state index contributed by atoms with van der Waals surface area (Å²) in [4.78, 5) is 17.0. The lowest BCUT2D eigenvalue weighted by Crippen LogP contribution is -2.42. The van der Waals surface area contributed by atoms with Crippen LogP contribution in [0.25, 0.3) is 0 Å². The first kappa shape index (κ1) is 14.4. The predicted octanol–water partition coefficient (Wildman–Crippen LogP) is 0.954. The van der Waals surface area contributed by atoms with Crippen LogP contribution < -0.4 is 10.0 Å². The van der Waals surface area contributed by atoms with Gasteiger partial charge in [0.05, 0.1) is 0 Å². The monoisotopic (exact) mass is 288 g/mol. The minimum atomic E-state index is -4.50. The fraction of sp³-hybridized carbons (Fsp3) is 0.500. The minimum absolute atomic E-state index is 0.171. The highest BCUT2D eigenvalue weighted by Gasteiger charge is 2.33. The number of likely N-dealkylation sites (N-methyl/N-ethyl adjacent to an activating group) is 1. The van der Waals surface area contributed by atoms with Gasteiger partial charge in [-0.2, -0.15) is 13.2 Å². The Morgan fingerprint density at radius 2 is 2.20 bits per heavy atom. The Labute approximate surface area is 113 Å². The van der Waals surface area contributed by atoms with E-state index in [-0.39, 0.29) is 18.4 Å². The van der Waals surface area contributed by atoms with Gasteiger partial charge >= 0.3 is 6.18 Å². The maximum Gasteiger partial charge on any atom is 0.433 e. The first-order chi connectivity index (χ1) is 9.29. The van der Waals surface area contributed by atoms with Crippen molar-refractivity contribution >= 4 is 11.9 Å². The number of anilines is 1. The number of pyridine rings is 1. The molecule has 1 aliphatic rings. The molecule has 8 heteroatoms. The molecule has 1 unspecified atom stereocenters. The molecular formula is C12H13F3N3O2-. The van der Waals surface area contributed by atoms with Crippen molar-refractivity contribution in [3.05, 3.63) is 23.9 Å². The molecule has 0 saturated carbocycles. The fourth-order valence-corrected chi connectivity index (χ4v) is 2.19. The highest BCUT2D eigenvalue weighted by molar-refractivity contribution is 5.63. The van der Waals surface area contributed by atoms with Crippen LogP contribution in [0.2, 0.25) is 0 Å². The zero-order valence-electron chi connectivity index (χ0n) is 10.7. The number of amides is 1. The summed E-state index contributed by atoms with van der Waals surface area (Å²) in [6, 6.07) is 3.45. The number of aromatic nitrogens is 1. The van der Waals surface area contributed by atoms with Gasteiger partial charge in [0.2, 0.25) is 0 Å². The number of alkyl halides is 3. The van der Waals surface area contributed by atoms with Crippen molar-refractivity contribution in [3.63, 3.8) is 0 Å². The number of hydrogen-bond donors (Lipinski definition) is 0. The van der Waals surface area contributed by atoms with Crippen LogP contribution in [0.1, 0.15) is 12.1 Å². The molecule has 5 nitrogen and oxygen atoms in total. The summed E-state index contributed by atoms with van der Waals surface area (Å²) >= 11 is 0. The number of likely N-dealkylation sites (tertiary alicyclic amines) is 1. The lowest BCUT2D eigenvalue weighted by molar-refractivity contribution is -0.264. The van der Waals surface area contributed by atoms with E-state index in [2.05, 4.69) is 4.98 Å². The van der Waals surface area contributed by atoms with E-state index in [1.807, 2.05) is 0 Å². The van der Waals surface area contributed by atoms with Gasteiger partial charge in [-0.05, 0) is 18.6 Å². The second-order valence-electron chi connectivity index (χ2n) is 4.64. The Balaban J connectivity index is 2.14. The number of nitrogens with zero attached hydrogens (tertiary/aromatic N) is 3. The van der Waals surface area contributed by atoms with Gasteiger partial charge in [-0.3, -0.25) is 0 Å². The largest absolute Gasteiger partial charge is 0.530 e. The van der Waals surface area contributed by atoms with Crippen molar-refractivity contribution in [2.75, 3.05) is 25.0 Å². The van der Waals surface area contributed by atoms with Crippen molar-refractivity contribution in [1.82, 2.24) is 9.88 Å². The second-order valence-corrected chi connectivity index (χ2v) is 4.64. The minimum Gasteiger partial charge on any atom is -0.530 e. The van der Waals surface area contributed by atoms with Crippen LogP contribution in [-0.4, -0.2) is 42.2 Å². The van der Waals surface area contributed by atoms with E-state index in [1.54, 1.807) is 11.9 Å². The quantitative estimate of drug-likeness (QED) is 0.813. The highest BCUT2D eigenvalue weighted by atomic mass is 19.4. The molecule has 0 aromatic carbocycles.